The van der Waals surface area contributed by atoms with E-state index < -0.39 is 10.0 Å². The summed E-state index contributed by atoms with van der Waals surface area (Å²) in [6.07, 6.45) is 0. The van der Waals surface area contributed by atoms with Gasteiger partial charge in [-0.3, -0.25) is 4.79 Å². The minimum atomic E-state index is -3.97. The lowest BCUT2D eigenvalue weighted by Gasteiger charge is -2.30. The van der Waals surface area contributed by atoms with Crippen molar-refractivity contribution in [3.8, 4) is 16.9 Å². The fraction of sp³-hybridized carbons (Fsp3) is 0.269. The molecule has 0 bridgehead atoms. The molecule has 35 heavy (non-hydrogen) atoms. The Bertz CT molecular complexity index is 1260. The molecule has 1 saturated heterocycles. The summed E-state index contributed by atoms with van der Waals surface area (Å²) >= 11 is 5.98. The average molecular weight is 514 g/mol. The van der Waals surface area contributed by atoms with Gasteiger partial charge in [-0.15, -0.1) is 0 Å². The number of hydrogen-bond donors (Lipinski definition) is 1. The van der Waals surface area contributed by atoms with Gasteiger partial charge in [-0.2, -0.15) is 4.31 Å². The molecule has 0 saturated carbocycles. The summed E-state index contributed by atoms with van der Waals surface area (Å²) in [7, 11) is -2.43. The van der Waals surface area contributed by atoms with Crippen LogP contribution in [0.1, 0.15) is 5.56 Å². The smallest absolute Gasteiger partial charge is 0.243 e. The molecule has 1 aliphatic rings. The zero-order chi connectivity index (χ0) is 24.8. The minimum Gasteiger partial charge on any atom is -0.496 e. The number of carbonyl (C=O) groups is 1. The molecule has 4 rings (SSSR count). The fourth-order valence-electron chi connectivity index (χ4n) is 4.03. The summed E-state index contributed by atoms with van der Waals surface area (Å²) in [5.41, 5.74) is 2.48. The Labute approximate surface area is 211 Å². The van der Waals surface area contributed by atoms with Crippen molar-refractivity contribution >= 4 is 27.5 Å². The first kappa shape index (κ1) is 25.2. The predicted octanol–water partition coefficient (Wildman–Crippen LogP) is 3.64. The number of rotatable bonds is 8. The van der Waals surface area contributed by atoms with Gasteiger partial charge >= 0.3 is 0 Å². The number of piperazine rings is 1. The highest BCUT2D eigenvalue weighted by atomic mass is 35.5. The number of sulfonamides is 1. The quantitative estimate of drug-likeness (QED) is 0.497. The van der Waals surface area contributed by atoms with Gasteiger partial charge in [0.1, 0.15) is 5.75 Å². The second kappa shape index (κ2) is 11.2. The molecule has 1 aliphatic heterocycles. The van der Waals surface area contributed by atoms with Gasteiger partial charge in [0.15, 0.2) is 0 Å². The van der Waals surface area contributed by atoms with E-state index >= 15 is 0 Å². The van der Waals surface area contributed by atoms with Gasteiger partial charge in [-0.1, -0.05) is 54.1 Å². The van der Waals surface area contributed by atoms with Crippen LogP contribution in [0.3, 0.4) is 0 Å². The van der Waals surface area contributed by atoms with Gasteiger partial charge in [0.05, 0.1) is 18.6 Å². The highest BCUT2D eigenvalue weighted by Gasteiger charge is 2.30. The maximum Gasteiger partial charge on any atom is 0.243 e. The molecule has 1 amide bonds. The van der Waals surface area contributed by atoms with Crippen molar-refractivity contribution in [1.82, 2.24) is 14.5 Å². The maximum absolute atomic E-state index is 13.7. The lowest BCUT2D eigenvalue weighted by atomic mass is 10.1. The number of halogens is 1. The Morgan fingerprint density at radius 1 is 0.971 bits per heavy atom. The van der Waals surface area contributed by atoms with Crippen LogP contribution in [0.4, 0.5) is 0 Å². The largest absolute Gasteiger partial charge is 0.496 e. The fourth-order valence-corrected chi connectivity index (χ4v) is 5.52. The van der Waals surface area contributed by atoms with E-state index in [2.05, 4.69) is 5.32 Å². The highest BCUT2D eigenvalue weighted by Crippen LogP contribution is 2.27. The van der Waals surface area contributed by atoms with Crippen LogP contribution in [0.25, 0.3) is 11.1 Å². The van der Waals surface area contributed by atoms with Crippen molar-refractivity contribution in [3.63, 3.8) is 0 Å². The second-order valence-corrected chi connectivity index (χ2v) is 10.6. The zero-order valence-electron chi connectivity index (χ0n) is 19.5. The molecular formula is C26H28ClN3O4S. The first-order chi connectivity index (χ1) is 16.9. The number of amides is 1. The normalized spacial score (nSPS) is 14.2. The Hall–Kier alpha value is -2.91. The van der Waals surface area contributed by atoms with E-state index in [1.807, 2.05) is 24.3 Å². The van der Waals surface area contributed by atoms with Crippen molar-refractivity contribution in [2.75, 3.05) is 39.8 Å². The molecular weight excluding hydrogens is 486 g/mol. The molecule has 0 radical (unpaired) electrons. The summed E-state index contributed by atoms with van der Waals surface area (Å²) in [6.45, 7) is 2.26. The number of para-hydroxylation sites is 1. The van der Waals surface area contributed by atoms with E-state index in [4.69, 9.17) is 16.3 Å². The molecule has 1 fully saturated rings. The van der Waals surface area contributed by atoms with Crippen LogP contribution in [0, 0.1) is 0 Å². The zero-order valence-corrected chi connectivity index (χ0v) is 21.1. The molecule has 0 atom stereocenters. The number of benzene rings is 3. The van der Waals surface area contributed by atoms with Crippen LogP contribution >= 0.6 is 11.6 Å². The van der Waals surface area contributed by atoms with Crippen molar-refractivity contribution in [1.29, 1.82) is 0 Å². The van der Waals surface area contributed by atoms with E-state index in [1.54, 1.807) is 60.5 Å². The first-order valence-corrected chi connectivity index (χ1v) is 13.2. The van der Waals surface area contributed by atoms with Gasteiger partial charge in [0, 0.05) is 43.3 Å². The van der Waals surface area contributed by atoms with Crippen molar-refractivity contribution in [3.05, 3.63) is 83.4 Å². The van der Waals surface area contributed by atoms with Gasteiger partial charge in [-0.05, 0) is 41.5 Å². The Morgan fingerprint density at radius 3 is 2.20 bits per heavy atom. The summed E-state index contributed by atoms with van der Waals surface area (Å²) in [6, 6.07) is 21.2. The number of ether oxygens (including phenoxy) is 1. The molecule has 3 aromatic rings. The number of methoxy groups -OCH3 is 1. The van der Waals surface area contributed by atoms with E-state index in [0.717, 1.165) is 11.1 Å². The lowest BCUT2D eigenvalue weighted by molar-refractivity contribution is -0.132. The summed E-state index contributed by atoms with van der Waals surface area (Å²) in [5, 5.41) is 3.84. The third kappa shape index (κ3) is 6.02. The van der Waals surface area contributed by atoms with E-state index in [9.17, 15) is 13.2 Å². The molecule has 0 spiro atoms. The summed E-state index contributed by atoms with van der Waals surface area (Å²) in [4.78, 5) is 14.9. The first-order valence-electron chi connectivity index (χ1n) is 11.3. The van der Waals surface area contributed by atoms with Gasteiger partial charge < -0.3 is 15.0 Å². The van der Waals surface area contributed by atoms with Gasteiger partial charge in [0.25, 0.3) is 0 Å². The van der Waals surface area contributed by atoms with Crippen LogP contribution in [-0.2, 0) is 21.4 Å². The lowest BCUT2D eigenvalue weighted by Crippen LogP contribution is -2.50. The maximum atomic E-state index is 13.7. The predicted molar refractivity (Wildman–Crippen MR) is 137 cm³/mol. The van der Waals surface area contributed by atoms with Crippen LogP contribution in [0.15, 0.2) is 77.7 Å². The van der Waals surface area contributed by atoms with Crippen LogP contribution in [-0.4, -0.2) is 63.4 Å². The van der Waals surface area contributed by atoms with Crippen LogP contribution in [0.5, 0.6) is 5.75 Å². The second-order valence-electron chi connectivity index (χ2n) is 8.25. The number of nitrogens with one attached hydrogen (secondary N) is 1. The number of carbonyl (C=O) groups excluding carboxylic acids is 1. The van der Waals surface area contributed by atoms with E-state index in [0.29, 0.717) is 42.5 Å². The monoisotopic (exact) mass is 513 g/mol. The third-order valence-corrected chi connectivity index (χ3v) is 8.05. The van der Waals surface area contributed by atoms with Crippen molar-refractivity contribution in [2.24, 2.45) is 0 Å². The van der Waals surface area contributed by atoms with E-state index in [1.165, 1.54) is 4.31 Å². The van der Waals surface area contributed by atoms with E-state index in [-0.39, 0.29) is 23.9 Å². The number of nitrogens with zero attached hydrogens (tertiary/aromatic N) is 2. The highest BCUT2D eigenvalue weighted by molar-refractivity contribution is 7.89. The molecule has 3 aromatic carbocycles. The van der Waals surface area contributed by atoms with Crippen LogP contribution in [0.2, 0.25) is 5.02 Å². The molecule has 0 aromatic heterocycles. The molecule has 0 aliphatic carbocycles. The van der Waals surface area contributed by atoms with Crippen molar-refractivity contribution in [2.45, 2.75) is 11.4 Å². The Kier molecular flexibility index (Phi) is 8.07. The molecule has 7 nitrogen and oxygen atoms in total. The summed E-state index contributed by atoms with van der Waals surface area (Å²) in [5.74, 6) is 0.350. The third-order valence-electron chi connectivity index (χ3n) is 5.99. The van der Waals surface area contributed by atoms with Crippen molar-refractivity contribution < 1.29 is 17.9 Å². The van der Waals surface area contributed by atoms with Gasteiger partial charge in [0.2, 0.25) is 15.9 Å². The minimum absolute atomic E-state index is 0.0170. The molecule has 184 valence electrons. The standard InChI is InChI=1S/C26H28ClN3O4S/c1-34-25-5-3-2-4-22(25)18-30(19-26(31)29-16-14-28-15-17-29)35(32,33)24-12-8-21(9-13-24)20-6-10-23(27)11-7-20/h2-13,28H,14-19H2,1H3. The number of hydrogen-bond acceptors (Lipinski definition) is 5. The Balaban J connectivity index is 1.63. The average Bonchev–Trinajstić information content (AvgIpc) is 2.89. The SMILES string of the molecule is COc1ccccc1CN(CC(=O)N1CCNCC1)S(=O)(=O)c1ccc(-c2ccc(Cl)cc2)cc1. The van der Waals surface area contributed by atoms with Gasteiger partial charge in [-0.25, -0.2) is 8.42 Å². The molecule has 1 heterocycles. The summed E-state index contributed by atoms with van der Waals surface area (Å²) < 4.78 is 34.1. The molecule has 0 unspecified atom stereocenters. The Morgan fingerprint density at radius 2 is 1.57 bits per heavy atom. The molecule has 1 N–H and O–H groups in total. The van der Waals surface area contributed by atoms with Crippen LogP contribution < -0.4 is 10.1 Å². The molecule has 9 heteroatoms. The topological polar surface area (TPSA) is 79.0 Å².